The van der Waals surface area contributed by atoms with E-state index in [1.54, 1.807) is 16.8 Å². The monoisotopic (exact) mass is 501 g/mol. The molecule has 37 heavy (non-hydrogen) atoms. The third-order valence-corrected chi connectivity index (χ3v) is 6.42. The van der Waals surface area contributed by atoms with Crippen molar-refractivity contribution < 1.29 is 19.0 Å². The minimum absolute atomic E-state index is 0.212. The molecule has 192 valence electrons. The van der Waals surface area contributed by atoms with Crippen LogP contribution in [0.3, 0.4) is 0 Å². The first-order valence-electron chi connectivity index (χ1n) is 12.8. The van der Waals surface area contributed by atoms with Gasteiger partial charge in [-0.25, -0.2) is 9.07 Å². The van der Waals surface area contributed by atoms with Gasteiger partial charge in [-0.1, -0.05) is 49.4 Å². The largest absolute Gasteiger partial charge is 0.491 e. The number of hydrogen-bond acceptors (Lipinski definition) is 5. The van der Waals surface area contributed by atoms with Gasteiger partial charge in [-0.2, -0.15) is 5.10 Å². The number of aromatic nitrogens is 2. The van der Waals surface area contributed by atoms with Crippen LogP contribution in [-0.4, -0.2) is 45.1 Å². The van der Waals surface area contributed by atoms with E-state index in [1.807, 2.05) is 60.7 Å². The minimum Gasteiger partial charge on any atom is -0.491 e. The van der Waals surface area contributed by atoms with Crippen LogP contribution in [0.4, 0.5) is 4.39 Å². The van der Waals surface area contributed by atoms with Crippen molar-refractivity contribution >= 4 is 0 Å². The summed E-state index contributed by atoms with van der Waals surface area (Å²) in [6.45, 7) is 3.31. The Bertz CT molecular complexity index is 1290. The molecule has 1 aliphatic carbocycles. The fourth-order valence-corrected chi connectivity index (χ4v) is 4.43. The highest BCUT2D eigenvalue weighted by molar-refractivity contribution is 5.44. The Balaban J connectivity index is 1.42. The summed E-state index contributed by atoms with van der Waals surface area (Å²) in [7, 11) is 0. The van der Waals surface area contributed by atoms with Gasteiger partial charge in [0.25, 0.3) is 0 Å². The summed E-state index contributed by atoms with van der Waals surface area (Å²) >= 11 is 0. The average molecular weight is 502 g/mol. The number of halogens is 1. The van der Waals surface area contributed by atoms with E-state index in [4.69, 9.17) is 14.6 Å². The van der Waals surface area contributed by atoms with Gasteiger partial charge in [0.05, 0.1) is 16.9 Å². The Labute approximate surface area is 216 Å². The molecule has 1 heterocycles. The van der Waals surface area contributed by atoms with Crippen molar-refractivity contribution in [2.75, 3.05) is 13.2 Å². The molecule has 4 aromatic rings. The number of hydrogen-bond donors (Lipinski definition) is 1. The maximum atomic E-state index is 14.0. The molecule has 0 radical (unpaired) electrons. The first-order valence-corrected chi connectivity index (χ1v) is 12.8. The molecule has 1 saturated carbocycles. The molecule has 0 bridgehead atoms. The molecule has 1 aliphatic rings. The van der Waals surface area contributed by atoms with Gasteiger partial charge in [-0.05, 0) is 55.7 Å². The van der Waals surface area contributed by atoms with Crippen LogP contribution < -0.4 is 9.47 Å². The lowest BCUT2D eigenvalue weighted by Gasteiger charge is -2.25. The van der Waals surface area contributed by atoms with Crippen LogP contribution >= 0.6 is 0 Å². The number of benzene rings is 3. The van der Waals surface area contributed by atoms with Gasteiger partial charge < -0.3 is 14.6 Å². The van der Waals surface area contributed by atoms with Crippen molar-refractivity contribution in [3.05, 3.63) is 102 Å². The minimum atomic E-state index is -0.650. The van der Waals surface area contributed by atoms with Gasteiger partial charge in [0.1, 0.15) is 30.0 Å². The smallest absolute Gasteiger partial charge is 0.227 e. The maximum Gasteiger partial charge on any atom is 0.227 e. The molecule has 0 aliphatic heterocycles. The highest BCUT2D eigenvalue weighted by Gasteiger charge is 2.33. The molecule has 0 unspecified atom stereocenters. The molecular weight excluding hydrogens is 469 g/mol. The summed E-state index contributed by atoms with van der Waals surface area (Å²) in [5.41, 5.74) is 2.72. The fourth-order valence-electron chi connectivity index (χ4n) is 4.43. The molecule has 3 aromatic carbocycles. The normalized spacial score (nSPS) is 14.1. The van der Waals surface area contributed by atoms with Gasteiger partial charge in [-0.3, -0.25) is 4.90 Å². The van der Waals surface area contributed by atoms with Crippen molar-refractivity contribution in [1.82, 2.24) is 14.7 Å². The average Bonchev–Trinajstić information content (AvgIpc) is 3.72. The zero-order valence-corrected chi connectivity index (χ0v) is 21.0. The molecule has 0 saturated heterocycles. The first-order chi connectivity index (χ1) is 18.1. The van der Waals surface area contributed by atoms with Gasteiger partial charge in [0, 0.05) is 25.2 Å². The summed E-state index contributed by atoms with van der Waals surface area (Å²) in [5.74, 6) is 1.36. The van der Waals surface area contributed by atoms with Crippen molar-refractivity contribution in [2.24, 2.45) is 0 Å². The molecule has 1 fully saturated rings. The van der Waals surface area contributed by atoms with Gasteiger partial charge >= 0.3 is 0 Å². The number of rotatable bonds is 12. The van der Waals surface area contributed by atoms with Gasteiger partial charge in [0.15, 0.2) is 0 Å². The molecule has 0 spiro atoms. The highest BCUT2D eigenvalue weighted by Crippen LogP contribution is 2.35. The van der Waals surface area contributed by atoms with E-state index in [2.05, 4.69) is 11.8 Å². The standard InChI is InChI=1S/C30H32FN3O3/c1-2-29-28(20-33(23-16-17-23)19-25(35)21-36-26-13-7-4-8-14-26)30(37-27-15-9-10-22(31)18-27)34(32-29)24-11-5-3-6-12-24/h3-15,18,23,25,35H,2,16-17,19-21H2,1H3/t25-/m1/s1. The fraction of sp³-hybridized carbons (Fsp3) is 0.300. The molecule has 6 nitrogen and oxygen atoms in total. The third kappa shape index (κ3) is 6.37. The number of aryl methyl sites for hydroxylation is 1. The lowest BCUT2D eigenvalue weighted by Crippen LogP contribution is -2.37. The predicted molar refractivity (Wildman–Crippen MR) is 141 cm³/mol. The van der Waals surface area contributed by atoms with E-state index in [1.165, 1.54) is 12.1 Å². The van der Waals surface area contributed by atoms with Crippen LogP contribution in [0.2, 0.25) is 0 Å². The summed E-state index contributed by atoms with van der Waals surface area (Å²) in [5, 5.41) is 15.7. The number of para-hydroxylation sites is 2. The topological polar surface area (TPSA) is 59.8 Å². The molecule has 5 rings (SSSR count). The van der Waals surface area contributed by atoms with Crippen LogP contribution in [0.25, 0.3) is 5.69 Å². The predicted octanol–water partition coefficient (Wildman–Crippen LogP) is 5.77. The molecule has 1 N–H and O–H groups in total. The zero-order chi connectivity index (χ0) is 25.6. The van der Waals surface area contributed by atoms with E-state index in [0.29, 0.717) is 37.2 Å². The summed E-state index contributed by atoms with van der Waals surface area (Å²) in [6, 6.07) is 25.9. The van der Waals surface area contributed by atoms with Gasteiger partial charge in [-0.15, -0.1) is 0 Å². The molecule has 1 atom stereocenters. The third-order valence-electron chi connectivity index (χ3n) is 6.42. The van der Waals surface area contributed by atoms with Crippen molar-refractivity contribution in [2.45, 2.75) is 44.9 Å². The van der Waals surface area contributed by atoms with Crippen molar-refractivity contribution in [1.29, 1.82) is 0 Å². The molecule has 1 aromatic heterocycles. The number of nitrogens with zero attached hydrogens (tertiary/aromatic N) is 3. The summed E-state index contributed by atoms with van der Waals surface area (Å²) in [6.07, 6.45) is 2.23. The van der Waals surface area contributed by atoms with Crippen LogP contribution in [0, 0.1) is 5.82 Å². The van der Waals surface area contributed by atoms with Crippen LogP contribution in [0.15, 0.2) is 84.9 Å². The van der Waals surface area contributed by atoms with Crippen LogP contribution in [-0.2, 0) is 13.0 Å². The van der Waals surface area contributed by atoms with E-state index in [9.17, 15) is 9.50 Å². The Morgan fingerprint density at radius 1 is 1.00 bits per heavy atom. The number of aliphatic hydroxyl groups is 1. The highest BCUT2D eigenvalue weighted by atomic mass is 19.1. The quantitative estimate of drug-likeness (QED) is 0.267. The van der Waals surface area contributed by atoms with E-state index < -0.39 is 6.10 Å². The van der Waals surface area contributed by atoms with E-state index in [0.717, 1.165) is 35.5 Å². The number of ether oxygens (including phenoxy) is 2. The number of aliphatic hydroxyl groups excluding tert-OH is 1. The van der Waals surface area contributed by atoms with Crippen molar-refractivity contribution in [3.63, 3.8) is 0 Å². The Hall–Kier alpha value is -3.68. The van der Waals surface area contributed by atoms with Crippen LogP contribution in [0.1, 0.15) is 31.0 Å². The Morgan fingerprint density at radius 2 is 1.70 bits per heavy atom. The first kappa shape index (κ1) is 25.0. The molecule has 7 heteroatoms. The molecular formula is C30H32FN3O3. The van der Waals surface area contributed by atoms with E-state index in [-0.39, 0.29) is 12.4 Å². The Morgan fingerprint density at radius 3 is 2.38 bits per heavy atom. The van der Waals surface area contributed by atoms with E-state index >= 15 is 0 Å². The second-order valence-corrected chi connectivity index (χ2v) is 9.33. The zero-order valence-electron chi connectivity index (χ0n) is 21.0. The molecule has 0 amide bonds. The maximum absolute atomic E-state index is 14.0. The van der Waals surface area contributed by atoms with Gasteiger partial charge in [0.2, 0.25) is 5.88 Å². The second kappa shape index (κ2) is 11.6. The summed E-state index contributed by atoms with van der Waals surface area (Å²) in [4.78, 5) is 2.28. The lowest BCUT2D eigenvalue weighted by molar-refractivity contribution is 0.0623. The second-order valence-electron chi connectivity index (χ2n) is 9.33. The van der Waals surface area contributed by atoms with Crippen LogP contribution in [0.5, 0.6) is 17.4 Å². The lowest BCUT2D eigenvalue weighted by atomic mass is 10.1. The summed E-state index contributed by atoms with van der Waals surface area (Å²) < 4.78 is 27.9. The SMILES string of the molecule is CCc1nn(-c2ccccc2)c(Oc2cccc(F)c2)c1CN(C[C@@H](O)COc1ccccc1)C1CC1. The Kier molecular flexibility index (Phi) is 7.82. The van der Waals surface area contributed by atoms with Crippen molar-refractivity contribution in [3.8, 4) is 23.1 Å².